The van der Waals surface area contributed by atoms with E-state index in [0.717, 1.165) is 41.4 Å². The van der Waals surface area contributed by atoms with Gasteiger partial charge >= 0.3 is 0 Å². The number of rotatable bonds is 3. The highest BCUT2D eigenvalue weighted by Gasteiger charge is 2.73. The average Bonchev–Trinajstić information content (AvgIpc) is 3.14. The summed E-state index contributed by atoms with van der Waals surface area (Å²) in [5.41, 5.74) is 1.31. The van der Waals surface area contributed by atoms with E-state index in [1.54, 1.807) is 6.07 Å². The molecule has 0 spiro atoms. The molecule has 1 aromatic carbocycles. The van der Waals surface area contributed by atoms with Crippen LogP contribution in [0.2, 0.25) is 0 Å². The number of halogens is 1. The molecule has 11 atom stereocenters. The Morgan fingerprint density at radius 2 is 1.82 bits per heavy atom. The molecule has 5 aliphatic rings. The SMILES string of the molecule is C[C@H]1CC[C@@H]2C3CC[C@@]4(C)C([C@@H]3CC[C@@H]2C1)[C@@H]1[C@H](C)[C@@H]1[C@@H]4C(=O)Cn1nc2ccc(F)cc2n1. The Morgan fingerprint density at radius 3 is 2.68 bits per heavy atom. The van der Waals surface area contributed by atoms with Gasteiger partial charge in [-0.2, -0.15) is 15.0 Å². The summed E-state index contributed by atoms with van der Waals surface area (Å²) in [6.45, 7) is 7.54. The van der Waals surface area contributed by atoms with Crippen molar-refractivity contribution in [3.05, 3.63) is 24.0 Å². The second-order valence-corrected chi connectivity index (χ2v) is 13.1. The Morgan fingerprint density at radius 1 is 1.03 bits per heavy atom. The highest BCUT2D eigenvalue weighted by molar-refractivity contribution is 5.83. The second-order valence-electron chi connectivity index (χ2n) is 13.1. The predicted octanol–water partition coefficient (Wildman–Crippen LogP) is 6.15. The number of benzene rings is 1. The molecule has 0 aliphatic heterocycles. The molecule has 0 N–H and O–H groups in total. The molecule has 1 heterocycles. The van der Waals surface area contributed by atoms with Crippen molar-refractivity contribution in [1.29, 1.82) is 0 Å². The topological polar surface area (TPSA) is 47.8 Å². The summed E-state index contributed by atoms with van der Waals surface area (Å²) in [7, 11) is 0. The monoisotopic (exact) mass is 463 g/mol. The van der Waals surface area contributed by atoms with Crippen LogP contribution in [0.5, 0.6) is 0 Å². The second kappa shape index (κ2) is 7.36. The standard InChI is InChI=1S/C29H38FN3O/c1-15-4-7-19-17(12-15)5-8-21-20(19)10-11-29(3)27(21)25-16(2)26(25)28(29)24(34)14-33-31-22-9-6-18(30)13-23(22)32-33/h6,9,13,15-17,19-21,25-28H,4-5,7-8,10-12,14H2,1-3H3/t15-,16-,17+,19-,20?,21+,25+,26-,27?,28-,29-/m0/s1. The fourth-order valence-corrected chi connectivity index (χ4v) is 10.3. The third kappa shape index (κ3) is 2.97. The third-order valence-electron chi connectivity index (χ3n) is 11.6. The molecule has 0 radical (unpaired) electrons. The molecule has 5 fully saturated rings. The van der Waals surface area contributed by atoms with Gasteiger partial charge in [-0.15, -0.1) is 0 Å². The molecule has 34 heavy (non-hydrogen) atoms. The van der Waals surface area contributed by atoms with E-state index in [1.165, 1.54) is 61.9 Å². The molecule has 5 saturated carbocycles. The first kappa shape index (κ1) is 21.5. The highest BCUT2D eigenvalue weighted by atomic mass is 19.1. The minimum atomic E-state index is -0.314. The van der Waals surface area contributed by atoms with Crippen molar-refractivity contribution < 1.29 is 9.18 Å². The van der Waals surface area contributed by atoms with E-state index in [-0.39, 0.29) is 23.7 Å². The van der Waals surface area contributed by atoms with Crippen LogP contribution in [0.1, 0.15) is 65.7 Å². The molecule has 5 aliphatic carbocycles. The van der Waals surface area contributed by atoms with Crippen molar-refractivity contribution in [1.82, 2.24) is 15.0 Å². The van der Waals surface area contributed by atoms with Gasteiger partial charge < -0.3 is 0 Å². The zero-order valence-electron chi connectivity index (χ0n) is 20.8. The van der Waals surface area contributed by atoms with Gasteiger partial charge in [-0.25, -0.2) is 4.39 Å². The molecule has 0 bridgehead atoms. The molecule has 182 valence electrons. The van der Waals surface area contributed by atoms with Crippen LogP contribution in [-0.2, 0) is 11.3 Å². The molecule has 1 aromatic heterocycles. The van der Waals surface area contributed by atoms with Crippen LogP contribution in [0.3, 0.4) is 0 Å². The van der Waals surface area contributed by atoms with Crippen LogP contribution < -0.4 is 0 Å². The Kier molecular flexibility index (Phi) is 4.66. The van der Waals surface area contributed by atoms with E-state index in [0.29, 0.717) is 28.7 Å². The molecule has 5 heteroatoms. The van der Waals surface area contributed by atoms with Gasteiger partial charge in [0.1, 0.15) is 23.4 Å². The van der Waals surface area contributed by atoms with Gasteiger partial charge in [-0.1, -0.05) is 27.2 Å². The fourth-order valence-electron chi connectivity index (χ4n) is 10.3. The van der Waals surface area contributed by atoms with Crippen LogP contribution >= 0.6 is 0 Å². The molecular weight excluding hydrogens is 425 g/mol. The summed E-state index contributed by atoms with van der Waals surface area (Å²) in [5.74, 6) is 7.37. The van der Waals surface area contributed by atoms with Crippen molar-refractivity contribution in [3.63, 3.8) is 0 Å². The number of hydrogen-bond donors (Lipinski definition) is 0. The van der Waals surface area contributed by atoms with Gasteiger partial charge in [0.15, 0.2) is 5.78 Å². The van der Waals surface area contributed by atoms with E-state index in [2.05, 4.69) is 31.0 Å². The molecule has 2 aromatic rings. The minimum absolute atomic E-state index is 0.133. The summed E-state index contributed by atoms with van der Waals surface area (Å²) in [6, 6.07) is 4.45. The van der Waals surface area contributed by atoms with E-state index in [4.69, 9.17) is 0 Å². The smallest absolute Gasteiger partial charge is 0.160 e. The van der Waals surface area contributed by atoms with Crippen LogP contribution in [0.4, 0.5) is 4.39 Å². The predicted molar refractivity (Wildman–Crippen MR) is 129 cm³/mol. The minimum Gasteiger partial charge on any atom is -0.297 e. The summed E-state index contributed by atoms with van der Waals surface area (Å²) >= 11 is 0. The summed E-state index contributed by atoms with van der Waals surface area (Å²) < 4.78 is 13.6. The van der Waals surface area contributed by atoms with Gasteiger partial charge in [-0.3, -0.25) is 4.79 Å². The highest BCUT2D eigenvalue weighted by Crippen LogP contribution is 2.76. The van der Waals surface area contributed by atoms with Crippen LogP contribution in [0.15, 0.2) is 18.2 Å². The van der Waals surface area contributed by atoms with E-state index < -0.39 is 0 Å². The van der Waals surface area contributed by atoms with Crippen molar-refractivity contribution in [2.75, 3.05) is 0 Å². The third-order valence-corrected chi connectivity index (χ3v) is 11.6. The molecule has 4 nitrogen and oxygen atoms in total. The molecule has 7 rings (SSSR count). The van der Waals surface area contributed by atoms with Crippen molar-refractivity contribution in [3.8, 4) is 0 Å². The number of nitrogens with zero attached hydrogens (tertiary/aromatic N) is 3. The van der Waals surface area contributed by atoms with Crippen molar-refractivity contribution in [2.45, 2.75) is 72.3 Å². The van der Waals surface area contributed by atoms with Gasteiger partial charge in [-0.05, 0) is 109 Å². The normalized spacial score (nSPS) is 46.9. The number of ketones is 1. The summed E-state index contributed by atoms with van der Waals surface area (Å²) in [5, 5.41) is 8.92. The Balaban J connectivity index is 1.15. The maximum atomic E-state index is 13.9. The molecule has 2 unspecified atom stereocenters. The first-order valence-corrected chi connectivity index (χ1v) is 13.9. The zero-order chi connectivity index (χ0) is 23.4. The first-order valence-electron chi connectivity index (χ1n) is 13.9. The lowest BCUT2D eigenvalue weighted by Crippen LogP contribution is -2.51. The first-order chi connectivity index (χ1) is 16.3. The number of carbonyl (C=O) groups is 1. The Labute approximate surface area is 202 Å². The lowest BCUT2D eigenvalue weighted by atomic mass is 9.47. The van der Waals surface area contributed by atoms with Gasteiger partial charge in [0.05, 0.1) is 0 Å². The van der Waals surface area contributed by atoms with E-state index >= 15 is 0 Å². The molecular formula is C29H38FN3O. The van der Waals surface area contributed by atoms with Crippen molar-refractivity contribution >= 4 is 16.8 Å². The van der Waals surface area contributed by atoms with Crippen LogP contribution in [-0.4, -0.2) is 20.8 Å². The van der Waals surface area contributed by atoms with Gasteiger partial charge in [0.2, 0.25) is 0 Å². The summed E-state index contributed by atoms with van der Waals surface area (Å²) in [4.78, 5) is 15.4. The average molecular weight is 464 g/mol. The zero-order valence-corrected chi connectivity index (χ0v) is 20.8. The largest absolute Gasteiger partial charge is 0.297 e. The number of aromatic nitrogens is 3. The number of Topliss-reactive ketones (excluding diaryl/α,β-unsaturated/α-hetero) is 1. The number of fused-ring (bicyclic) bond motifs is 8. The quantitative estimate of drug-likeness (QED) is 0.549. The maximum absolute atomic E-state index is 13.9. The maximum Gasteiger partial charge on any atom is 0.160 e. The molecule has 0 amide bonds. The van der Waals surface area contributed by atoms with Gasteiger partial charge in [0.25, 0.3) is 0 Å². The lowest BCUT2D eigenvalue weighted by molar-refractivity contribution is -0.135. The van der Waals surface area contributed by atoms with Gasteiger partial charge in [0, 0.05) is 12.0 Å². The van der Waals surface area contributed by atoms with Crippen LogP contribution in [0.25, 0.3) is 11.0 Å². The van der Waals surface area contributed by atoms with E-state index in [1.807, 2.05) is 0 Å². The van der Waals surface area contributed by atoms with Crippen LogP contribution in [0, 0.1) is 70.4 Å². The fraction of sp³-hybridized carbons (Fsp3) is 0.759. The lowest BCUT2D eigenvalue weighted by Gasteiger charge is -2.57. The molecule has 0 saturated heterocycles. The van der Waals surface area contributed by atoms with Crippen molar-refractivity contribution in [2.24, 2.45) is 64.6 Å². The number of hydrogen-bond acceptors (Lipinski definition) is 3. The number of carbonyl (C=O) groups excluding carboxylic acids is 1. The Hall–Kier alpha value is -1.78. The van der Waals surface area contributed by atoms with E-state index in [9.17, 15) is 9.18 Å². The Bertz CT molecular complexity index is 1140. The summed E-state index contributed by atoms with van der Waals surface area (Å²) in [6.07, 6.45) is 9.68.